The van der Waals surface area contributed by atoms with Crippen LogP contribution in [0.1, 0.15) is 32.1 Å². The molecule has 1 aliphatic carbocycles. The topological polar surface area (TPSA) is 68.9 Å². The van der Waals surface area contributed by atoms with Gasteiger partial charge in [0.25, 0.3) is 0 Å². The highest BCUT2D eigenvalue weighted by Crippen LogP contribution is 2.17. The predicted octanol–water partition coefficient (Wildman–Crippen LogP) is 1.26. The highest BCUT2D eigenvalue weighted by molar-refractivity contribution is 14.0. The van der Waals surface area contributed by atoms with Gasteiger partial charge in [-0.25, -0.2) is 0 Å². The fraction of sp³-hybridized carbons (Fsp3) is 0.917. The van der Waals surface area contributed by atoms with Gasteiger partial charge < -0.3 is 20.5 Å². The van der Waals surface area contributed by atoms with Crippen LogP contribution in [0.5, 0.6) is 0 Å². The molecule has 0 amide bonds. The number of aliphatic imine (C=N–C) groups is 1. The minimum atomic E-state index is 0. The van der Waals surface area contributed by atoms with E-state index in [0.29, 0.717) is 18.1 Å². The largest absolute Gasteiger partial charge is 0.381 e. The summed E-state index contributed by atoms with van der Waals surface area (Å²) in [6, 6.07) is 0.581. The van der Waals surface area contributed by atoms with Crippen molar-refractivity contribution in [1.82, 2.24) is 5.32 Å². The lowest BCUT2D eigenvalue weighted by Crippen LogP contribution is -2.33. The van der Waals surface area contributed by atoms with Crippen molar-refractivity contribution in [2.24, 2.45) is 10.7 Å². The van der Waals surface area contributed by atoms with Gasteiger partial charge in [0.1, 0.15) is 0 Å². The molecule has 2 aliphatic rings. The zero-order valence-corrected chi connectivity index (χ0v) is 13.1. The van der Waals surface area contributed by atoms with E-state index in [1.165, 1.54) is 12.8 Å². The van der Waals surface area contributed by atoms with Crippen LogP contribution in [-0.4, -0.2) is 44.5 Å². The smallest absolute Gasteiger partial charge is 0.188 e. The maximum absolute atomic E-state index is 5.75. The highest BCUT2D eigenvalue weighted by atomic mass is 127. The number of rotatable bonds is 6. The van der Waals surface area contributed by atoms with Crippen LogP contribution in [0.4, 0.5) is 0 Å². The summed E-state index contributed by atoms with van der Waals surface area (Å²) in [4.78, 5) is 4.27. The molecule has 1 saturated carbocycles. The predicted molar refractivity (Wildman–Crippen MR) is 82.5 cm³/mol. The van der Waals surface area contributed by atoms with E-state index < -0.39 is 0 Å². The van der Waals surface area contributed by atoms with Gasteiger partial charge in [-0.2, -0.15) is 0 Å². The van der Waals surface area contributed by atoms with Gasteiger partial charge in [-0.1, -0.05) is 0 Å². The molecular weight excluding hydrogens is 345 g/mol. The van der Waals surface area contributed by atoms with Gasteiger partial charge in [0.2, 0.25) is 0 Å². The van der Waals surface area contributed by atoms with Crippen molar-refractivity contribution in [3.05, 3.63) is 0 Å². The van der Waals surface area contributed by atoms with E-state index in [1.54, 1.807) is 0 Å². The molecule has 2 rings (SSSR count). The number of guanidine groups is 1. The Kier molecular flexibility index (Phi) is 7.92. The zero-order chi connectivity index (χ0) is 11.9. The maximum Gasteiger partial charge on any atom is 0.188 e. The Morgan fingerprint density at radius 3 is 2.67 bits per heavy atom. The summed E-state index contributed by atoms with van der Waals surface area (Å²) in [6.07, 6.45) is 5.81. The Bertz CT molecular complexity index is 254. The van der Waals surface area contributed by atoms with Crippen LogP contribution in [0.3, 0.4) is 0 Å². The van der Waals surface area contributed by atoms with Gasteiger partial charge >= 0.3 is 0 Å². The minimum absolute atomic E-state index is 0. The number of nitrogens with zero attached hydrogens (tertiary/aromatic N) is 1. The van der Waals surface area contributed by atoms with E-state index in [2.05, 4.69) is 10.3 Å². The van der Waals surface area contributed by atoms with Crippen molar-refractivity contribution in [3.8, 4) is 0 Å². The van der Waals surface area contributed by atoms with Gasteiger partial charge in [0, 0.05) is 32.4 Å². The third kappa shape index (κ3) is 6.75. The Morgan fingerprint density at radius 2 is 2.00 bits per heavy atom. The summed E-state index contributed by atoms with van der Waals surface area (Å²) in [5.41, 5.74) is 5.72. The van der Waals surface area contributed by atoms with Crippen molar-refractivity contribution >= 4 is 29.9 Å². The minimum Gasteiger partial charge on any atom is -0.381 e. The number of nitrogens with one attached hydrogen (secondary N) is 1. The summed E-state index contributed by atoms with van der Waals surface area (Å²) in [7, 11) is 0. The molecule has 18 heavy (non-hydrogen) atoms. The molecule has 0 unspecified atom stereocenters. The molecule has 2 fully saturated rings. The molecule has 5 nitrogen and oxygen atoms in total. The second kappa shape index (κ2) is 8.92. The summed E-state index contributed by atoms with van der Waals surface area (Å²) < 4.78 is 11.0. The Morgan fingerprint density at radius 1 is 1.28 bits per heavy atom. The average molecular weight is 369 g/mol. The van der Waals surface area contributed by atoms with E-state index >= 15 is 0 Å². The highest BCUT2D eigenvalue weighted by Gasteiger charge is 2.21. The molecular formula is C12H24IN3O2. The van der Waals surface area contributed by atoms with E-state index in [9.17, 15) is 0 Å². The van der Waals surface area contributed by atoms with Crippen LogP contribution in [0.25, 0.3) is 0 Å². The van der Waals surface area contributed by atoms with Crippen molar-refractivity contribution < 1.29 is 9.47 Å². The van der Waals surface area contributed by atoms with Gasteiger partial charge in [0.05, 0.1) is 6.10 Å². The summed E-state index contributed by atoms with van der Waals surface area (Å²) in [5, 5.41) is 3.16. The van der Waals surface area contributed by atoms with Crippen LogP contribution in [-0.2, 0) is 9.47 Å². The average Bonchev–Trinajstić information content (AvgIpc) is 3.14. The van der Waals surface area contributed by atoms with Crippen molar-refractivity contribution in [3.63, 3.8) is 0 Å². The second-order valence-electron chi connectivity index (χ2n) is 4.72. The molecule has 0 spiro atoms. The summed E-state index contributed by atoms with van der Waals surface area (Å²) in [5.74, 6) is 0.582. The lowest BCUT2D eigenvalue weighted by Gasteiger charge is -2.22. The van der Waals surface area contributed by atoms with E-state index in [1.807, 2.05) is 0 Å². The summed E-state index contributed by atoms with van der Waals surface area (Å²) >= 11 is 0. The molecule has 3 N–H and O–H groups in total. The second-order valence-corrected chi connectivity index (χ2v) is 4.72. The number of halogens is 1. The van der Waals surface area contributed by atoms with Crippen LogP contribution < -0.4 is 11.1 Å². The molecule has 0 aromatic rings. The number of hydrogen-bond acceptors (Lipinski definition) is 3. The monoisotopic (exact) mass is 369 g/mol. The van der Waals surface area contributed by atoms with E-state index in [4.69, 9.17) is 15.2 Å². The molecule has 1 aliphatic heterocycles. The number of ether oxygens (including phenoxy) is 2. The van der Waals surface area contributed by atoms with Gasteiger partial charge in [0.15, 0.2) is 5.96 Å². The molecule has 1 saturated heterocycles. The molecule has 6 heteroatoms. The molecule has 0 aromatic heterocycles. The normalized spacial score (nSPS) is 21.4. The SMILES string of the molecule is I.NC(=NCCCOC1CCOCC1)NC1CC1. The number of nitrogens with two attached hydrogens (primary N) is 1. The van der Waals surface area contributed by atoms with Crippen LogP contribution in [0.15, 0.2) is 4.99 Å². The lowest BCUT2D eigenvalue weighted by atomic mass is 10.1. The zero-order valence-electron chi connectivity index (χ0n) is 10.8. The molecule has 0 bridgehead atoms. The van der Waals surface area contributed by atoms with Crippen LogP contribution in [0.2, 0.25) is 0 Å². The Hall–Kier alpha value is -0.0800. The lowest BCUT2D eigenvalue weighted by molar-refractivity contribution is -0.0318. The molecule has 0 radical (unpaired) electrons. The van der Waals surface area contributed by atoms with Gasteiger partial charge in [-0.3, -0.25) is 4.99 Å². The third-order valence-corrected chi connectivity index (χ3v) is 3.04. The molecule has 1 heterocycles. The Balaban J connectivity index is 0.00000162. The van der Waals surface area contributed by atoms with E-state index in [-0.39, 0.29) is 24.0 Å². The first kappa shape index (κ1) is 16.0. The van der Waals surface area contributed by atoms with Crippen LogP contribution >= 0.6 is 24.0 Å². The first-order valence-corrected chi connectivity index (χ1v) is 6.60. The first-order chi connectivity index (χ1) is 8.34. The molecule has 0 aromatic carbocycles. The standard InChI is InChI=1S/C12H23N3O2.HI/c13-12(15-10-2-3-10)14-6-1-7-17-11-4-8-16-9-5-11;/h10-11H,1-9H2,(H3,13,14,15);1H. The fourth-order valence-corrected chi connectivity index (χ4v) is 1.84. The van der Waals surface area contributed by atoms with Crippen LogP contribution in [0, 0.1) is 0 Å². The van der Waals surface area contributed by atoms with Crippen molar-refractivity contribution in [2.75, 3.05) is 26.4 Å². The Labute approximate surface area is 126 Å². The fourth-order valence-electron chi connectivity index (χ4n) is 1.84. The summed E-state index contributed by atoms with van der Waals surface area (Å²) in [6.45, 7) is 3.18. The van der Waals surface area contributed by atoms with Gasteiger partial charge in [-0.15, -0.1) is 24.0 Å². The van der Waals surface area contributed by atoms with Crippen molar-refractivity contribution in [2.45, 2.75) is 44.2 Å². The number of hydrogen-bond donors (Lipinski definition) is 2. The molecule has 106 valence electrons. The third-order valence-electron chi connectivity index (χ3n) is 3.04. The van der Waals surface area contributed by atoms with Crippen molar-refractivity contribution in [1.29, 1.82) is 0 Å². The van der Waals surface area contributed by atoms with E-state index in [0.717, 1.165) is 45.6 Å². The van der Waals surface area contributed by atoms with Gasteiger partial charge in [-0.05, 0) is 32.1 Å². The maximum atomic E-state index is 5.75. The quantitative estimate of drug-likeness (QED) is 0.320. The molecule has 0 atom stereocenters. The first-order valence-electron chi connectivity index (χ1n) is 6.60.